The van der Waals surface area contributed by atoms with E-state index in [1.165, 1.54) is 12.1 Å². The minimum Gasteiger partial charge on any atom is -0.396 e. The first-order valence-electron chi connectivity index (χ1n) is 8.39. The summed E-state index contributed by atoms with van der Waals surface area (Å²) in [6, 6.07) is 6.55. The summed E-state index contributed by atoms with van der Waals surface area (Å²) in [5, 5.41) is 17.1. The molecule has 5 nitrogen and oxygen atoms in total. The SMILES string of the molecule is OC[C@]12CCOC[C@H]1CN(Cc1cn[nH]c1-c1cccc(F)c1)C2. The number of ether oxygens (including phenoxy) is 1. The van der Waals surface area contributed by atoms with Gasteiger partial charge in [0.25, 0.3) is 0 Å². The fraction of sp³-hybridized carbons (Fsp3) is 0.500. The summed E-state index contributed by atoms with van der Waals surface area (Å²) in [4.78, 5) is 2.35. The number of likely N-dealkylation sites (tertiary alicyclic amines) is 1. The van der Waals surface area contributed by atoms with Gasteiger partial charge in [0, 0.05) is 48.7 Å². The smallest absolute Gasteiger partial charge is 0.123 e. The first-order valence-corrected chi connectivity index (χ1v) is 8.39. The fourth-order valence-corrected chi connectivity index (χ4v) is 4.10. The van der Waals surface area contributed by atoms with Gasteiger partial charge in [0.05, 0.1) is 25.1 Å². The van der Waals surface area contributed by atoms with E-state index in [9.17, 15) is 9.50 Å². The zero-order chi connectivity index (χ0) is 16.6. The Morgan fingerprint density at radius 2 is 2.38 bits per heavy atom. The van der Waals surface area contributed by atoms with E-state index in [1.807, 2.05) is 12.3 Å². The topological polar surface area (TPSA) is 61.4 Å². The molecule has 0 bridgehead atoms. The third kappa shape index (κ3) is 2.75. The maximum absolute atomic E-state index is 13.5. The van der Waals surface area contributed by atoms with Gasteiger partial charge in [0.15, 0.2) is 0 Å². The number of fused-ring (bicyclic) bond motifs is 1. The molecule has 2 saturated heterocycles. The molecular formula is C18H22FN3O2. The van der Waals surface area contributed by atoms with Crippen molar-refractivity contribution in [3.8, 4) is 11.3 Å². The Bertz CT molecular complexity index is 720. The number of benzene rings is 1. The number of aliphatic hydroxyl groups excluding tert-OH is 1. The number of halogens is 1. The molecule has 0 unspecified atom stereocenters. The van der Waals surface area contributed by atoms with Gasteiger partial charge in [-0.3, -0.25) is 10.00 Å². The molecule has 2 aliphatic rings. The van der Waals surface area contributed by atoms with E-state index in [0.717, 1.165) is 56.1 Å². The standard InChI is InChI=1S/C18H22FN3O2/c19-16-3-1-2-13(6-16)17-14(7-20-21-17)8-22-9-15-10-24-5-4-18(15,11-22)12-23/h1-3,6-7,15,23H,4-5,8-12H2,(H,20,21)/t15-,18-/m1/s1. The average Bonchev–Trinajstić information content (AvgIpc) is 3.19. The molecule has 0 amide bonds. The number of aromatic amines is 1. The molecule has 24 heavy (non-hydrogen) atoms. The van der Waals surface area contributed by atoms with Crippen LogP contribution in [0.3, 0.4) is 0 Å². The number of nitrogens with zero attached hydrogens (tertiary/aromatic N) is 2. The van der Waals surface area contributed by atoms with Crippen molar-refractivity contribution in [3.05, 3.63) is 41.8 Å². The summed E-state index contributed by atoms with van der Waals surface area (Å²) in [5.41, 5.74) is 2.67. The molecule has 4 rings (SSSR count). The average molecular weight is 331 g/mol. The van der Waals surface area contributed by atoms with Crippen LogP contribution in [0.5, 0.6) is 0 Å². The summed E-state index contributed by atoms with van der Waals surface area (Å²) in [5.74, 6) is 0.123. The number of H-pyrrole nitrogens is 1. The van der Waals surface area contributed by atoms with Crippen LogP contribution in [0.2, 0.25) is 0 Å². The highest BCUT2D eigenvalue weighted by Gasteiger charge is 2.47. The maximum atomic E-state index is 13.5. The molecule has 2 aromatic rings. The normalized spacial score (nSPS) is 27.3. The number of nitrogens with one attached hydrogen (secondary N) is 1. The Balaban J connectivity index is 1.54. The Morgan fingerprint density at radius 3 is 3.17 bits per heavy atom. The van der Waals surface area contributed by atoms with Crippen molar-refractivity contribution in [2.24, 2.45) is 11.3 Å². The van der Waals surface area contributed by atoms with Crippen LogP contribution in [0, 0.1) is 17.2 Å². The monoisotopic (exact) mass is 331 g/mol. The van der Waals surface area contributed by atoms with Gasteiger partial charge in [-0.1, -0.05) is 12.1 Å². The lowest BCUT2D eigenvalue weighted by molar-refractivity contribution is -0.0417. The predicted octanol–water partition coefficient (Wildman–Crippen LogP) is 2.05. The van der Waals surface area contributed by atoms with Crippen molar-refractivity contribution in [3.63, 3.8) is 0 Å². The van der Waals surface area contributed by atoms with Gasteiger partial charge in [0.2, 0.25) is 0 Å². The third-order valence-corrected chi connectivity index (χ3v) is 5.49. The molecule has 2 aliphatic heterocycles. The largest absolute Gasteiger partial charge is 0.396 e. The molecule has 0 radical (unpaired) electrons. The maximum Gasteiger partial charge on any atom is 0.123 e. The first kappa shape index (κ1) is 15.7. The molecule has 2 N–H and O–H groups in total. The lowest BCUT2D eigenvalue weighted by Crippen LogP contribution is -2.41. The molecule has 1 aromatic carbocycles. The second-order valence-electron chi connectivity index (χ2n) is 6.99. The molecule has 1 aromatic heterocycles. The summed E-state index contributed by atoms with van der Waals surface area (Å²) in [7, 11) is 0. The van der Waals surface area contributed by atoms with Crippen molar-refractivity contribution < 1.29 is 14.2 Å². The number of aromatic nitrogens is 2. The van der Waals surface area contributed by atoms with E-state index in [2.05, 4.69) is 15.1 Å². The summed E-state index contributed by atoms with van der Waals surface area (Å²) < 4.78 is 19.1. The molecule has 0 spiro atoms. The number of hydrogen-bond donors (Lipinski definition) is 2. The van der Waals surface area contributed by atoms with Crippen molar-refractivity contribution in [2.75, 3.05) is 32.9 Å². The molecule has 0 saturated carbocycles. The van der Waals surface area contributed by atoms with Crippen molar-refractivity contribution in [1.29, 1.82) is 0 Å². The Morgan fingerprint density at radius 1 is 1.46 bits per heavy atom. The van der Waals surface area contributed by atoms with Gasteiger partial charge in [-0.15, -0.1) is 0 Å². The second-order valence-corrected chi connectivity index (χ2v) is 6.99. The fourth-order valence-electron chi connectivity index (χ4n) is 4.10. The Kier molecular flexibility index (Phi) is 4.12. The van der Waals surface area contributed by atoms with Crippen molar-refractivity contribution in [1.82, 2.24) is 15.1 Å². The van der Waals surface area contributed by atoms with Crippen LogP contribution in [-0.2, 0) is 11.3 Å². The number of rotatable bonds is 4. The molecule has 6 heteroatoms. The molecule has 3 heterocycles. The quantitative estimate of drug-likeness (QED) is 0.900. The molecular weight excluding hydrogens is 309 g/mol. The van der Waals surface area contributed by atoms with Crippen LogP contribution in [0.15, 0.2) is 30.5 Å². The van der Waals surface area contributed by atoms with Crippen LogP contribution in [0.4, 0.5) is 4.39 Å². The van der Waals surface area contributed by atoms with Gasteiger partial charge >= 0.3 is 0 Å². The molecule has 0 aliphatic carbocycles. The van der Waals surface area contributed by atoms with E-state index < -0.39 is 0 Å². The third-order valence-electron chi connectivity index (χ3n) is 5.49. The van der Waals surface area contributed by atoms with Gasteiger partial charge in [-0.2, -0.15) is 5.10 Å². The first-order chi connectivity index (χ1) is 11.7. The Labute approximate surface area is 140 Å². The number of aliphatic hydroxyl groups is 1. The van der Waals surface area contributed by atoms with Crippen molar-refractivity contribution >= 4 is 0 Å². The molecule has 2 fully saturated rings. The summed E-state index contributed by atoms with van der Waals surface area (Å²) in [6.07, 6.45) is 2.72. The highest BCUT2D eigenvalue weighted by molar-refractivity contribution is 5.62. The van der Waals surface area contributed by atoms with E-state index in [1.54, 1.807) is 6.07 Å². The lowest BCUT2D eigenvalue weighted by atomic mass is 9.75. The Hall–Kier alpha value is -1.76. The molecule has 128 valence electrons. The van der Waals surface area contributed by atoms with E-state index in [-0.39, 0.29) is 17.8 Å². The van der Waals surface area contributed by atoms with Gasteiger partial charge in [-0.05, 0) is 18.6 Å². The van der Waals surface area contributed by atoms with Crippen molar-refractivity contribution in [2.45, 2.75) is 13.0 Å². The zero-order valence-electron chi connectivity index (χ0n) is 13.5. The van der Waals surface area contributed by atoms with Crippen LogP contribution in [0.25, 0.3) is 11.3 Å². The molecule has 2 atom stereocenters. The van der Waals surface area contributed by atoms with Crippen LogP contribution < -0.4 is 0 Å². The zero-order valence-corrected chi connectivity index (χ0v) is 13.5. The van der Waals surface area contributed by atoms with E-state index >= 15 is 0 Å². The second kappa shape index (κ2) is 6.27. The number of hydrogen-bond acceptors (Lipinski definition) is 4. The van der Waals surface area contributed by atoms with E-state index in [4.69, 9.17) is 4.74 Å². The minimum atomic E-state index is -0.253. The lowest BCUT2D eigenvalue weighted by Gasteiger charge is -2.36. The summed E-state index contributed by atoms with van der Waals surface area (Å²) >= 11 is 0. The predicted molar refractivity (Wildman–Crippen MR) is 87.7 cm³/mol. The van der Waals surface area contributed by atoms with E-state index in [0.29, 0.717) is 5.92 Å². The highest BCUT2D eigenvalue weighted by atomic mass is 19.1. The highest BCUT2D eigenvalue weighted by Crippen LogP contribution is 2.42. The van der Waals surface area contributed by atoms with Gasteiger partial charge in [-0.25, -0.2) is 4.39 Å². The minimum absolute atomic E-state index is 0.0407. The van der Waals surface area contributed by atoms with Crippen LogP contribution in [-0.4, -0.2) is 53.1 Å². The van der Waals surface area contributed by atoms with Crippen LogP contribution >= 0.6 is 0 Å². The summed E-state index contributed by atoms with van der Waals surface area (Å²) in [6.45, 7) is 4.17. The van der Waals surface area contributed by atoms with Crippen LogP contribution in [0.1, 0.15) is 12.0 Å². The van der Waals surface area contributed by atoms with Gasteiger partial charge in [0.1, 0.15) is 5.82 Å². The van der Waals surface area contributed by atoms with Gasteiger partial charge < -0.3 is 9.84 Å².